The third-order valence-electron chi connectivity index (χ3n) is 3.03. The molecule has 0 unspecified atom stereocenters. The Balaban J connectivity index is 1.59. The Morgan fingerprint density at radius 1 is 1.24 bits per heavy atom. The maximum absolute atomic E-state index is 11.9. The van der Waals surface area contributed by atoms with Gasteiger partial charge in [-0.3, -0.25) is 4.79 Å². The smallest absolute Gasteiger partial charge is 0.241 e. The molecule has 0 aliphatic heterocycles. The zero-order chi connectivity index (χ0) is 14.9. The molecule has 0 aliphatic rings. The molecule has 0 bridgehead atoms. The lowest BCUT2D eigenvalue weighted by Gasteiger charge is -2.12. The minimum absolute atomic E-state index is 0.174. The van der Waals surface area contributed by atoms with Gasteiger partial charge in [0.15, 0.2) is 0 Å². The van der Waals surface area contributed by atoms with E-state index in [4.69, 9.17) is 14.9 Å². The largest absolute Gasteiger partial charge is 0.467 e. The van der Waals surface area contributed by atoms with Crippen LogP contribution in [0.3, 0.4) is 0 Å². The average molecular weight is 288 g/mol. The molecule has 1 aromatic heterocycles. The molecule has 1 atom stereocenters. The summed E-state index contributed by atoms with van der Waals surface area (Å²) < 4.78 is 10.6. The van der Waals surface area contributed by atoms with Crippen molar-refractivity contribution in [1.82, 2.24) is 5.32 Å². The van der Waals surface area contributed by atoms with Gasteiger partial charge in [-0.05, 0) is 24.1 Å². The number of hydrogen-bond donors (Lipinski definition) is 2. The van der Waals surface area contributed by atoms with Gasteiger partial charge in [0.2, 0.25) is 5.91 Å². The van der Waals surface area contributed by atoms with Gasteiger partial charge in [-0.1, -0.05) is 30.3 Å². The minimum atomic E-state index is -0.629. The van der Waals surface area contributed by atoms with Crippen LogP contribution in [0.5, 0.6) is 0 Å². The van der Waals surface area contributed by atoms with E-state index in [0.29, 0.717) is 19.8 Å². The number of amides is 1. The SMILES string of the molecule is N[C@@H](C(=O)NCCCOCc1ccco1)c1ccccc1. The number of hydrogen-bond acceptors (Lipinski definition) is 4. The van der Waals surface area contributed by atoms with Crippen LogP contribution in [-0.2, 0) is 16.1 Å². The molecule has 3 N–H and O–H groups in total. The molecule has 0 radical (unpaired) electrons. The highest BCUT2D eigenvalue weighted by Crippen LogP contribution is 2.09. The molecular formula is C16H20N2O3. The average Bonchev–Trinajstić information content (AvgIpc) is 3.04. The second kappa shape index (κ2) is 8.24. The molecule has 2 rings (SSSR count). The van der Waals surface area contributed by atoms with Crippen molar-refractivity contribution < 1.29 is 13.9 Å². The zero-order valence-electron chi connectivity index (χ0n) is 11.8. The zero-order valence-corrected chi connectivity index (χ0v) is 11.8. The minimum Gasteiger partial charge on any atom is -0.467 e. The highest BCUT2D eigenvalue weighted by Gasteiger charge is 2.14. The van der Waals surface area contributed by atoms with Crippen LogP contribution >= 0.6 is 0 Å². The number of furan rings is 1. The van der Waals surface area contributed by atoms with E-state index in [9.17, 15) is 4.79 Å². The summed E-state index contributed by atoms with van der Waals surface area (Å²) in [6.07, 6.45) is 2.35. The highest BCUT2D eigenvalue weighted by atomic mass is 16.5. The maximum Gasteiger partial charge on any atom is 0.241 e. The van der Waals surface area contributed by atoms with Crippen molar-refractivity contribution in [1.29, 1.82) is 0 Å². The molecule has 5 nitrogen and oxygen atoms in total. The number of nitrogens with one attached hydrogen (secondary N) is 1. The third kappa shape index (κ3) is 5.06. The first-order chi connectivity index (χ1) is 10.3. The summed E-state index contributed by atoms with van der Waals surface area (Å²) in [6, 6.07) is 12.4. The monoisotopic (exact) mass is 288 g/mol. The number of rotatable bonds is 8. The van der Waals surface area contributed by atoms with Crippen molar-refractivity contribution in [3.8, 4) is 0 Å². The Bertz CT molecular complexity index is 526. The van der Waals surface area contributed by atoms with E-state index in [0.717, 1.165) is 17.7 Å². The standard InChI is InChI=1S/C16H20N2O3/c17-15(13-6-2-1-3-7-13)16(19)18-9-5-10-20-12-14-8-4-11-21-14/h1-4,6-8,11,15H,5,9-10,12,17H2,(H,18,19)/t15-/m1/s1. The molecule has 0 fully saturated rings. The summed E-state index contributed by atoms with van der Waals surface area (Å²) in [5, 5.41) is 2.81. The lowest BCUT2D eigenvalue weighted by atomic mass is 10.1. The van der Waals surface area contributed by atoms with Crippen LogP contribution < -0.4 is 11.1 Å². The highest BCUT2D eigenvalue weighted by molar-refractivity contribution is 5.82. The van der Waals surface area contributed by atoms with Gasteiger partial charge in [0.25, 0.3) is 0 Å². The number of carbonyl (C=O) groups excluding carboxylic acids is 1. The van der Waals surface area contributed by atoms with Crippen molar-refractivity contribution in [2.75, 3.05) is 13.2 Å². The molecule has 112 valence electrons. The topological polar surface area (TPSA) is 77.5 Å². The second-order valence-electron chi connectivity index (χ2n) is 4.66. The Labute approximate surface area is 124 Å². The lowest BCUT2D eigenvalue weighted by molar-refractivity contribution is -0.122. The molecular weight excluding hydrogens is 268 g/mol. The van der Waals surface area contributed by atoms with E-state index in [1.165, 1.54) is 0 Å². The first-order valence-corrected chi connectivity index (χ1v) is 6.96. The molecule has 21 heavy (non-hydrogen) atoms. The Morgan fingerprint density at radius 3 is 2.76 bits per heavy atom. The van der Waals surface area contributed by atoms with Crippen LogP contribution in [0.15, 0.2) is 53.1 Å². The van der Waals surface area contributed by atoms with Crippen LogP contribution in [0.2, 0.25) is 0 Å². The van der Waals surface area contributed by atoms with Crippen molar-refractivity contribution in [3.63, 3.8) is 0 Å². The van der Waals surface area contributed by atoms with Crippen LogP contribution in [0.1, 0.15) is 23.8 Å². The summed E-state index contributed by atoms with van der Waals surface area (Å²) in [5.74, 6) is 0.623. The number of nitrogens with two attached hydrogens (primary N) is 1. The van der Waals surface area contributed by atoms with Gasteiger partial charge in [0.05, 0.1) is 6.26 Å². The molecule has 5 heteroatoms. The Hall–Kier alpha value is -2.11. The van der Waals surface area contributed by atoms with Crippen LogP contribution in [0.4, 0.5) is 0 Å². The fourth-order valence-corrected chi connectivity index (χ4v) is 1.87. The van der Waals surface area contributed by atoms with E-state index >= 15 is 0 Å². The van der Waals surface area contributed by atoms with E-state index in [2.05, 4.69) is 5.32 Å². The van der Waals surface area contributed by atoms with Crippen molar-refractivity contribution >= 4 is 5.91 Å². The molecule has 0 spiro atoms. The summed E-state index contributed by atoms with van der Waals surface area (Å²) >= 11 is 0. The molecule has 2 aromatic rings. The summed E-state index contributed by atoms with van der Waals surface area (Å²) in [5.41, 5.74) is 6.70. The molecule has 1 heterocycles. The Morgan fingerprint density at radius 2 is 2.05 bits per heavy atom. The van der Waals surface area contributed by atoms with Crippen molar-refractivity contribution in [2.45, 2.75) is 19.1 Å². The fourth-order valence-electron chi connectivity index (χ4n) is 1.87. The van der Waals surface area contributed by atoms with E-state index < -0.39 is 6.04 Å². The lowest BCUT2D eigenvalue weighted by Crippen LogP contribution is -2.34. The number of ether oxygens (including phenoxy) is 1. The fraction of sp³-hybridized carbons (Fsp3) is 0.312. The van der Waals surface area contributed by atoms with Crippen molar-refractivity contribution in [3.05, 3.63) is 60.1 Å². The van der Waals surface area contributed by atoms with E-state index in [1.807, 2.05) is 42.5 Å². The summed E-state index contributed by atoms with van der Waals surface area (Å²) in [4.78, 5) is 11.9. The molecule has 0 saturated heterocycles. The first kappa shape index (κ1) is 15.3. The summed E-state index contributed by atoms with van der Waals surface area (Å²) in [7, 11) is 0. The van der Waals surface area contributed by atoms with Gasteiger partial charge >= 0.3 is 0 Å². The van der Waals surface area contributed by atoms with Crippen molar-refractivity contribution in [2.24, 2.45) is 5.73 Å². The first-order valence-electron chi connectivity index (χ1n) is 6.96. The normalized spacial score (nSPS) is 12.0. The molecule has 0 saturated carbocycles. The van der Waals surface area contributed by atoms with Gasteiger partial charge in [0.1, 0.15) is 18.4 Å². The van der Waals surface area contributed by atoms with E-state index in [-0.39, 0.29) is 5.91 Å². The molecule has 1 aromatic carbocycles. The van der Waals surface area contributed by atoms with Gasteiger partial charge in [-0.2, -0.15) is 0 Å². The Kier molecular flexibility index (Phi) is 5.99. The van der Waals surface area contributed by atoms with Crippen LogP contribution in [0.25, 0.3) is 0 Å². The van der Waals surface area contributed by atoms with Gasteiger partial charge < -0.3 is 20.2 Å². The summed E-state index contributed by atoms with van der Waals surface area (Å²) in [6.45, 7) is 1.55. The van der Waals surface area contributed by atoms with Gasteiger partial charge in [0, 0.05) is 13.2 Å². The van der Waals surface area contributed by atoms with Crippen LogP contribution in [-0.4, -0.2) is 19.1 Å². The second-order valence-corrected chi connectivity index (χ2v) is 4.66. The predicted octanol–water partition coefficient (Wildman–Crippen LogP) is 2.00. The third-order valence-corrected chi connectivity index (χ3v) is 3.03. The quantitative estimate of drug-likeness (QED) is 0.728. The van der Waals surface area contributed by atoms with E-state index in [1.54, 1.807) is 6.26 Å². The van der Waals surface area contributed by atoms with Gasteiger partial charge in [-0.25, -0.2) is 0 Å². The van der Waals surface area contributed by atoms with Gasteiger partial charge in [-0.15, -0.1) is 0 Å². The molecule has 1 amide bonds. The number of benzene rings is 1. The molecule has 0 aliphatic carbocycles. The number of carbonyl (C=O) groups is 1. The predicted molar refractivity (Wildman–Crippen MR) is 79.4 cm³/mol. The van der Waals surface area contributed by atoms with Crippen LogP contribution in [0, 0.1) is 0 Å². The maximum atomic E-state index is 11.9.